The van der Waals surface area contributed by atoms with Gasteiger partial charge in [-0.15, -0.1) is 0 Å². The highest BCUT2D eigenvalue weighted by atomic mass is 16.5. The first-order valence-corrected chi connectivity index (χ1v) is 10.8. The van der Waals surface area contributed by atoms with Gasteiger partial charge in [0.05, 0.1) is 18.9 Å². The smallest absolute Gasteiger partial charge is 0.275 e. The predicted octanol–water partition coefficient (Wildman–Crippen LogP) is 5.09. The van der Waals surface area contributed by atoms with Crippen LogP contribution < -0.4 is 15.1 Å². The molecular weight excluding hydrogens is 412 g/mol. The van der Waals surface area contributed by atoms with Crippen LogP contribution in [0.25, 0.3) is 16.5 Å². The van der Waals surface area contributed by atoms with E-state index in [-0.39, 0.29) is 5.91 Å². The fourth-order valence-electron chi connectivity index (χ4n) is 4.00. The lowest BCUT2D eigenvalue weighted by molar-refractivity contribution is 0.0952. The number of methoxy groups -OCH3 is 1. The number of amides is 1. The van der Waals surface area contributed by atoms with Gasteiger partial charge in [0.2, 0.25) is 0 Å². The molecule has 1 N–H and O–H groups in total. The zero-order valence-electron chi connectivity index (χ0n) is 19.6. The van der Waals surface area contributed by atoms with Gasteiger partial charge < -0.3 is 14.2 Å². The summed E-state index contributed by atoms with van der Waals surface area (Å²) in [6.45, 7) is 4.10. The van der Waals surface area contributed by atoms with Crippen molar-refractivity contribution < 1.29 is 9.53 Å². The summed E-state index contributed by atoms with van der Waals surface area (Å²) in [5.74, 6) is 0.197. The summed E-state index contributed by atoms with van der Waals surface area (Å²) >= 11 is 0. The van der Waals surface area contributed by atoms with E-state index in [1.54, 1.807) is 13.3 Å². The number of carbonyl (C=O) groups is 1. The predicted molar refractivity (Wildman–Crippen MR) is 135 cm³/mol. The van der Waals surface area contributed by atoms with Crippen molar-refractivity contribution in [3.05, 3.63) is 89.2 Å². The van der Waals surface area contributed by atoms with Crippen molar-refractivity contribution in [1.82, 2.24) is 9.99 Å². The van der Waals surface area contributed by atoms with Crippen LogP contribution in [0.5, 0.6) is 5.75 Å². The van der Waals surface area contributed by atoms with Crippen LogP contribution in [-0.2, 0) is 0 Å². The van der Waals surface area contributed by atoms with E-state index in [0.29, 0.717) is 11.3 Å². The maximum absolute atomic E-state index is 12.8. The third-order valence-corrected chi connectivity index (χ3v) is 5.78. The van der Waals surface area contributed by atoms with Crippen LogP contribution in [0.4, 0.5) is 5.69 Å². The zero-order valence-corrected chi connectivity index (χ0v) is 19.6. The van der Waals surface area contributed by atoms with E-state index in [1.807, 2.05) is 57.4 Å². The SMILES string of the molecule is COc1cc2ccccc2cc1C(=O)N/N=C\c1cc(C)n(-c2ccc(N(C)C)cc2)c1C. The molecule has 33 heavy (non-hydrogen) atoms. The largest absolute Gasteiger partial charge is 0.496 e. The maximum atomic E-state index is 12.8. The topological polar surface area (TPSA) is 58.9 Å². The number of hydrazone groups is 1. The summed E-state index contributed by atoms with van der Waals surface area (Å²) in [6, 6.07) is 22.0. The first-order chi connectivity index (χ1) is 15.9. The fourth-order valence-corrected chi connectivity index (χ4v) is 4.00. The molecule has 0 aliphatic heterocycles. The highest BCUT2D eigenvalue weighted by Gasteiger charge is 2.14. The van der Waals surface area contributed by atoms with Gasteiger partial charge >= 0.3 is 0 Å². The van der Waals surface area contributed by atoms with Crippen LogP contribution in [0.1, 0.15) is 27.3 Å². The Morgan fingerprint density at radius 2 is 1.67 bits per heavy atom. The molecule has 6 nitrogen and oxygen atoms in total. The third-order valence-electron chi connectivity index (χ3n) is 5.78. The second kappa shape index (κ2) is 9.20. The van der Waals surface area contributed by atoms with Gasteiger partial charge in [0, 0.05) is 42.4 Å². The lowest BCUT2D eigenvalue weighted by Gasteiger charge is -2.14. The zero-order chi connectivity index (χ0) is 23.5. The van der Waals surface area contributed by atoms with Gasteiger partial charge in [0.25, 0.3) is 5.91 Å². The van der Waals surface area contributed by atoms with Gasteiger partial charge in [0.15, 0.2) is 0 Å². The van der Waals surface area contributed by atoms with E-state index < -0.39 is 0 Å². The summed E-state index contributed by atoms with van der Waals surface area (Å²) in [4.78, 5) is 14.9. The molecule has 0 saturated carbocycles. The first-order valence-electron chi connectivity index (χ1n) is 10.8. The maximum Gasteiger partial charge on any atom is 0.275 e. The lowest BCUT2D eigenvalue weighted by Crippen LogP contribution is -2.18. The molecule has 4 rings (SSSR count). The highest BCUT2D eigenvalue weighted by molar-refractivity contribution is 6.02. The first kappa shape index (κ1) is 22.1. The van der Waals surface area contributed by atoms with Crippen molar-refractivity contribution in [2.24, 2.45) is 5.10 Å². The molecule has 6 heteroatoms. The number of aromatic nitrogens is 1. The minimum Gasteiger partial charge on any atom is -0.496 e. The molecule has 168 valence electrons. The standard InChI is InChI=1S/C27H28N4O2/c1-18-14-22(19(2)31(18)24-12-10-23(11-13-24)30(3)4)17-28-29-27(32)25-15-20-8-6-7-9-21(20)16-26(25)33-5/h6-17H,1-5H3,(H,29,32)/b28-17-. The molecule has 1 aromatic heterocycles. The number of carbonyl (C=O) groups excluding carboxylic acids is 1. The Hall–Kier alpha value is -4.06. The Balaban J connectivity index is 1.55. The molecule has 0 radical (unpaired) electrons. The van der Waals surface area contributed by atoms with Crippen molar-refractivity contribution >= 4 is 28.6 Å². The molecule has 0 fully saturated rings. The molecule has 0 saturated heterocycles. The molecule has 0 atom stereocenters. The van der Waals surface area contributed by atoms with Gasteiger partial charge in [-0.1, -0.05) is 24.3 Å². The lowest BCUT2D eigenvalue weighted by atomic mass is 10.1. The average molecular weight is 441 g/mol. The summed E-state index contributed by atoms with van der Waals surface area (Å²) in [5.41, 5.74) is 8.39. The Labute approximate surface area is 194 Å². The minimum absolute atomic E-state index is 0.318. The van der Waals surface area contributed by atoms with Crippen molar-refractivity contribution in [3.63, 3.8) is 0 Å². The molecular formula is C27H28N4O2. The molecule has 0 spiro atoms. The van der Waals surface area contributed by atoms with E-state index in [2.05, 4.69) is 57.2 Å². The molecule has 0 bridgehead atoms. The van der Waals surface area contributed by atoms with E-state index in [9.17, 15) is 4.79 Å². The van der Waals surface area contributed by atoms with Crippen molar-refractivity contribution in [1.29, 1.82) is 0 Å². The molecule has 0 aliphatic rings. The Morgan fingerprint density at radius 1 is 1.00 bits per heavy atom. The van der Waals surface area contributed by atoms with Crippen LogP contribution in [0.3, 0.4) is 0 Å². The highest BCUT2D eigenvalue weighted by Crippen LogP contribution is 2.26. The van der Waals surface area contributed by atoms with Crippen LogP contribution >= 0.6 is 0 Å². The van der Waals surface area contributed by atoms with E-state index in [0.717, 1.165) is 39.1 Å². The van der Waals surface area contributed by atoms with E-state index in [4.69, 9.17) is 4.74 Å². The average Bonchev–Trinajstić information content (AvgIpc) is 3.10. The molecule has 3 aromatic carbocycles. The van der Waals surface area contributed by atoms with Crippen LogP contribution in [0, 0.1) is 13.8 Å². The van der Waals surface area contributed by atoms with Gasteiger partial charge in [-0.3, -0.25) is 4.79 Å². The number of anilines is 1. The molecule has 1 heterocycles. The number of hydrogen-bond acceptors (Lipinski definition) is 4. The van der Waals surface area contributed by atoms with Gasteiger partial charge in [0.1, 0.15) is 5.75 Å². The number of benzene rings is 3. The number of fused-ring (bicyclic) bond motifs is 1. The molecule has 4 aromatic rings. The second-order valence-corrected chi connectivity index (χ2v) is 8.17. The van der Waals surface area contributed by atoms with Crippen molar-refractivity contribution in [3.8, 4) is 11.4 Å². The normalized spacial score (nSPS) is 11.2. The summed E-state index contributed by atoms with van der Waals surface area (Å²) in [5, 5.41) is 6.20. The third kappa shape index (κ3) is 4.46. The Bertz CT molecular complexity index is 1330. The van der Waals surface area contributed by atoms with Crippen LogP contribution in [-0.4, -0.2) is 37.9 Å². The molecule has 1 amide bonds. The summed E-state index contributed by atoms with van der Waals surface area (Å²) in [7, 11) is 5.61. The second-order valence-electron chi connectivity index (χ2n) is 8.17. The number of ether oxygens (including phenoxy) is 1. The van der Waals surface area contributed by atoms with E-state index >= 15 is 0 Å². The number of hydrogen-bond donors (Lipinski definition) is 1. The fraction of sp³-hybridized carbons (Fsp3) is 0.185. The van der Waals surface area contributed by atoms with Gasteiger partial charge in [-0.05, 0) is 67.1 Å². The molecule has 0 unspecified atom stereocenters. The Morgan fingerprint density at radius 3 is 2.30 bits per heavy atom. The molecule has 0 aliphatic carbocycles. The number of aryl methyl sites for hydroxylation is 1. The van der Waals surface area contributed by atoms with Crippen LogP contribution in [0.15, 0.2) is 71.8 Å². The summed E-state index contributed by atoms with van der Waals surface area (Å²) in [6.07, 6.45) is 1.68. The number of nitrogens with zero attached hydrogens (tertiary/aromatic N) is 3. The van der Waals surface area contributed by atoms with Crippen molar-refractivity contribution in [2.45, 2.75) is 13.8 Å². The quantitative estimate of drug-likeness (QED) is 0.336. The van der Waals surface area contributed by atoms with Crippen LogP contribution in [0.2, 0.25) is 0 Å². The van der Waals surface area contributed by atoms with Crippen molar-refractivity contribution in [2.75, 3.05) is 26.1 Å². The monoisotopic (exact) mass is 440 g/mol. The van der Waals surface area contributed by atoms with Gasteiger partial charge in [-0.25, -0.2) is 5.43 Å². The van der Waals surface area contributed by atoms with E-state index in [1.165, 1.54) is 0 Å². The minimum atomic E-state index is -0.318. The number of rotatable bonds is 6. The number of nitrogens with one attached hydrogen (secondary N) is 1. The summed E-state index contributed by atoms with van der Waals surface area (Å²) < 4.78 is 7.61. The Kier molecular flexibility index (Phi) is 6.18. The van der Waals surface area contributed by atoms with Gasteiger partial charge in [-0.2, -0.15) is 5.10 Å².